The summed E-state index contributed by atoms with van der Waals surface area (Å²) in [5, 5.41) is 4.10. The van der Waals surface area contributed by atoms with E-state index in [-0.39, 0.29) is 10.8 Å². The van der Waals surface area contributed by atoms with Crippen molar-refractivity contribution in [2.75, 3.05) is 14.1 Å². The lowest BCUT2D eigenvalue weighted by Gasteiger charge is -2.17. The third-order valence-corrected chi connectivity index (χ3v) is 7.70. The molecular formula is C23H27N3O3S. The van der Waals surface area contributed by atoms with Crippen LogP contribution in [0.15, 0.2) is 47.4 Å². The van der Waals surface area contributed by atoms with Crippen LogP contribution in [0.1, 0.15) is 40.5 Å². The minimum absolute atomic E-state index is 0.141. The van der Waals surface area contributed by atoms with Crippen LogP contribution in [0.4, 0.5) is 0 Å². The lowest BCUT2D eigenvalue weighted by molar-refractivity contribution is 0.0952. The van der Waals surface area contributed by atoms with Crippen molar-refractivity contribution in [3.05, 3.63) is 64.8 Å². The van der Waals surface area contributed by atoms with E-state index in [1.54, 1.807) is 24.3 Å². The van der Waals surface area contributed by atoms with E-state index < -0.39 is 10.0 Å². The molecule has 4 rings (SSSR count). The van der Waals surface area contributed by atoms with Crippen molar-refractivity contribution >= 4 is 26.8 Å². The molecule has 0 radical (unpaired) electrons. The van der Waals surface area contributed by atoms with Gasteiger partial charge in [0.2, 0.25) is 10.0 Å². The maximum Gasteiger partial charge on any atom is 0.253 e. The Kier molecular flexibility index (Phi) is 5.42. The van der Waals surface area contributed by atoms with Gasteiger partial charge < -0.3 is 10.3 Å². The van der Waals surface area contributed by atoms with Crippen molar-refractivity contribution in [3.8, 4) is 0 Å². The fourth-order valence-corrected chi connectivity index (χ4v) is 4.97. The molecule has 6 nitrogen and oxygen atoms in total. The van der Waals surface area contributed by atoms with Crippen LogP contribution in [-0.4, -0.2) is 37.7 Å². The Morgan fingerprint density at radius 3 is 2.60 bits per heavy atom. The number of benzene rings is 2. The van der Waals surface area contributed by atoms with Crippen molar-refractivity contribution in [3.63, 3.8) is 0 Å². The quantitative estimate of drug-likeness (QED) is 0.657. The van der Waals surface area contributed by atoms with Crippen LogP contribution >= 0.6 is 0 Å². The highest BCUT2D eigenvalue weighted by molar-refractivity contribution is 7.89. The Bertz CT molecular complexity index is 1190. The van der Waals surface area contributed by atoms with Crippen LogP contribution in [0.5, 0.6) is 0 Å². The molecule has 1 aromatic heterocycles. The van der Waals surface area contributed by atoms with Gasteiger partial charge in [-0.25, -0.2) is 12.7 Å². The minimum Gasteiger partial charge on any atom is -0.358 e. The van der Waals surface area contributed by atoms with E-state index in [4.69, 9.17) is 0 Å². The van der Waals surface area contributed by atoms with E-state index in [1.165, 1.54) is 36.1 Å². The van der Waals surface area contributed by atoms with Gasteiger partial charge in [-0.15, -0.1) is 0 Å². The number of aromatic amines is 1. The fourth-order valence-electron chi connectivity index (χ4n) is 4.07. The van der Waals surface area contributed by atoms with Gasteiger partial charge in [-0.2, -0.15) is 0 Å². The average Bonchev–Trinajstić information content (AvgIpc) is 3.10. The number of hydrogen-bond donors (Lipinski definition) is 2. The molecule has 0 saturated carbocycles. The number of aryl methyl sites for hydroxylation is 1. The summed E-state index contributed by atoms with van der Waals surface area (Å²) in [5.74, 6) is 0.519. The molecule has 158 valence electrons. The van der Waals surface area contributed by atoms with Gasteiger partial charge in [0.1, 0.15) is 0 Å². The predicted molar refractivity (Wildman–Crippen MR) is 118 cm³/mol. The van der Waals surface area contributed by atoms with E-state index in [0.717, 1.165) is 29.3 Å². The first-order valence-electron chi connectivity index (χ1n) is 10.2. The standard InChI is InChI=1S/C23H27N3O3S/c1-15-7-12-21-20(13-15)18-5-4-6-19(22(18)25-21)23(27)24-14-16-8-10-17(11-9-16)30(28,29)26(2)3/h4-6,8-11,15,25H,7,12-14H2,1-3H3,(H,24,27). The van der Waals surface area contributed by atoms with E-state index in [1.807, 2.05) is 12.1 Å². The second-order valence-electron chi connectivity index (χ2n) is 8.27. The van der Waals surface area contributed by atoms with Crippen LogP contribution < -0.4 is 5.32 Å². The van der Waals surface area contributed by atoms with Gasteiger partial charge in [0.25, 0.3) is 5.91 Å². The number of carbonyl (C=O) groups excluding carboxylic acids is 1. The number of para-hydroxylation sites is 1. The molecular weight excluding hydrogens is 398 g/mol. The first kappa shape index (κ1) is 20.6. The van der Waals surface area contributed by atoms with E-state index in [9.17, 15) is 13.2 Å². The summed E-state index contributed by atoms with van der Waals surface area (Å²) >= 11 is 0. The maximum atomic E-state index is 12.9. The summed E-state index contributed by atoms with van der Waals surface area (Å²) < 4.78 is 25.5. The number of sulfonamides is 1. The van der Waals surface area contributed by atoms with Gasteiger partial charge in [0.05, 0.1) is 16.0 Å². The molecule has 7 heteroatoms. The van der Waals surface area contributed by atoms with E-state index in [0.29, 0.717) is 18.0 Å². The fraction of sp³-hybridized carbons (Fsp3) is 0.348. The molecule has 1 unspecified atom stereocenters. The number of amides is 1. The smallest absolute Gasteiger partial charge is 0.253 e. The molecule has 30 heavy (non-hydrogen) atoms. The predicted octanol–water partition coefficient (Wildman–Crippen LogP) is 3.47. The zero-order valence-corrected chi connectivity index (χ0v) is 18.3. The molecule has 1 aliphatic rings. The van der Waals surface area contributed by atoms with Crippen LogP contribution in [0.3, 0.4) is 0 Å². The molecule has 0 bridgehead atoms. The molecule has 1 heterocycles. The van der Waals surface area contributed by atoms with Crippen molar-refractivity contribution in [2.24, 2.45) is 5.92 Å². The van der Waals surface area contributed by atoms with Crippen LogP contribution in [-0.2, 0) is 29.4 Å². The van der Waals surface area contributed by atoms with Crippen LogP contribution in [0.2, 0.25) is 0 Å². The molecule has 0 spiro atoms. The van der Waals surface area contributed by atoms with Crippen molar-refractivity contribution in [1.82, 2.24) is 14.6 Å². The van der Waals surface area contributed by atoms with Crippen molar-refractivity contribution in [1.29, 1.82) is 0 Å². The largest absolute Gasteiger partial charge is 0.358 e. The number of nitrogens with zero attached hydrogens (tertiary/aromatic N) is 1. The monoisotopic (exact) mass is 425 g/mol. The van der Waals surface area contributed by atoms with E-state index in [2.05, 4.69) is 23.3 Å². The SMILES string of the molecule is CC1CCc2[nH]c3c(C(=O)NCc4ccc(S(=O)(=O)N(C)C)cc4)cccc3c2C1. The Morgan fingerprint density at radius 1 is 1.17 bits per heavy atom. The third kappa shape index (κ3) is 3.75. The highest BCUT2D eigenvalue weighted by Crippen LogP contribution is 2.33. The molecule has 2 aromatic carbocycles. The lowest BCUT2D eigenvalue weighted by atomic mass is 9.87. The summed E-state index contributed by atoms with van der Waals surface area (Å²) in [6.45, 7) is 2.60. The number of rotatable bonds is 5. The minimum atomic E-state index is -3.46. The third-order valence-electron chi connectivity index (χ3n) is 5.87. The van der Waals surface area contributed by atoms with E-state index >= 15 is 0 Å². The number of carbonyl (C=O) groups is 1. The van der Waals surface area contributed by atoms with Gasteiger partial charge in [-0.1, -0.05) is 31.2 Å². The first-order valence-corrected chi connectivity index (χ1v) is 11.6. The van der Waals surface area contributed by atoms with Crippen LogP contribution in [0, 0.1) is 5.92 Å². The van der Waals surface area contributed by atoms with Gasteiger partial charge in [0, 0.05) is 31.7 Å². The molecule has 3 aromatic rings. The summed E-state index contributed by atoms with van der Waals surface area (Å²) in [4.78, 5) is 16.6. The van der Waals surface area contributed by atoms with Crippen molar-refractivity contribution in [2.45, 2.75) is 37.6 Å². The summed E-state index contributed by atoms with van der Waals surface area (Å²) in [6.07, 6.45) is 3.23. The number of nitrogens with one attached hydrogen (secondary N) is 2. The highest BCUT2D eigenvalue weighted by Gasteiger charge is 2.22. The second kappa shape index (κ2) is 7.89. The lowest BCUT2D eigenvalue weighted by Crippen LogP contribution is -2.24. The average molecular weight is 426 g/mol. The van der Waals surface area contributed by atoms with Gasteiger partial charge in [-0.3, -0.25) is 4.79 Å². The van der Waals surface area contributed by atoms with Gasteiger partial charge in [-0.05, 0) is 54.5 Å². The molecule has 1 atom stereocenters. The summed E-state index contributed by atoms with van der Waals surface area (Å²) in [6, 6.07) is 12.5. The summed E-state index contributed by atoms with van der Waals surface area (Å²) in [7, 11) is -0.450. The molecule has 0 fully saturated rings. The number of hydrogen-bond acceptors (Lipinski definition) is 3. The van der Waals surface area contributed by atoms with Gasteiger partial charge in [0.15, 0.2) is 0 Å². The Morgan fingerprint density at radius 2 is 1.90 bits per heavy atom. The second-order valence-corrected chi connectivity index (χ2v) is 10.4. The Balaban J connectivity index is 1.52. The number of aromatic nitrogens is 1. The zero-order chi connectivity index (χ0) is 21.5. The topological polar surface area (TPSA) is 82.3 Å². The molecule has 1 amide bonds. The maximum absolute atomic E-state index is 12.9. The zero-order valence-electron chi connectivity index (χ0n) is 17.5. The summed E-state index contributed by atoms with van der Waals surface area (Å²) in [5.41, 5.74) is 4.98. The normalized spacial score (nSPS) is 16.6. The molecule has 0 saturated heterocycles. The van der Waals surface area contributed by atoms with Crippen molar-refractivity contribution < 1.29 is 13.2 Å². The molecule has 0 aliphatic heterocycles. The number of H-pyrrole nitrogens is 1. The molecule has 2 N–H and O–H groups in total. The Labute approximate surface area is 177 Å². The number of fused-ring (bicyclic) bond motifs is 3. The van der Waals surface area contributed by atoms with Gasteiger partial charge >= 0.3 is 0 Å². The molecule has 1 aliphatic carbocycles. The Hall–Kier alpha value is -2.64. The highest BCUT2D eigenvalue weighted by atomic mass is 32.2. The first-order chi connectivity index (χ1) is 14.3. The van der Waals surface area contributed by atoms with Crippen LogP contribution in [0.25, 0.3) is 10.9 Å².